The van der Waals surface area contributed by atoms with E-state index >= 15 is 0 Å². The molecule has 2 rings (SSSR count). The standard InChI is InChI=1S/C14H15N3Si/c1-18(2,3)13-6-4-5-11(7-13)14-10-16-9-12(8-15)17-14/h4-7,9-10H,1-3H3. The molecule has 0 atom stereocenters. The first-order valence-electron chi connectivity index (χ1n) is 5.84. The predicted molar refractivity (Wildman–Crippen MR) is 75.2 cm³/mol. The molecule has 0 aliphatic rings. The Morgan fingerprint density at radius 1 is 1.17 bits per heavy atom. The second-order valence-corrected chi connectivity index (χ2v) is 10.3. The van der Waals surface area contributed by atoms with Crippen molar-refractivity contribution in [3.63, 3.8) is 0 Å². The lowest BCUT2D eigenvalue weighted by molar-refractivity contribution is 1.17. The Kier molecular flexibility index (Phi) is 3.26. The van der Waals surface area contributed by atoms with Crippen molar-refractivity contribution in [1.29, 1.82) is 5.26 Å². The Balaban J connectivity index is 2.48. The summed E-state index contributed by atoms with van der Waals surface area (Å²) >= 11 is 0. The van der Waals surface area contributed by atoms with Crippen LogP contribution in [-0.4, -0.2) is 18.0 Å². The van der Waals surface area contributed by atoms with Gasteiger partial charge in [-0.2, -0.15) is 5.26 Å². The molecule has 2 aromatic rings. The molecule has 0 N–H and O–H groups in total. The van der Waals surface area contributed by atoms with E-state index in [-0.39, 0.29) is 0 Å². The van der Waals surface area contributed by atoms with Crippen molar-refractivity contribution in [1.82, 2.24) is 9.97 Å². The minimum Gasteiger partial charge on any atom is -0.259 e. The highest BCUT2D eigenvalue weighted by atomic mass is 28.3. The molecular formula is C14H15N3Si. The summed E-state index contributed by atoms with van der Waals surface area (Å²) in [7, 11) is -1.33. The van der Waals surface area contributed by atoms with Crippen LogP contribution in [-0.2, 0) is 0 Å². The van der Waals surface area contributed by atoms with Gasteiger partial charge in [-0.3, -0.25) is 4.98 Å². The third-order valence-corrected chi connectivity index (χ3v) is 4.82. The van der Waals surface area contributed by atoms with Crippen LogP contribution in [0.15, 0.2) is 36.7 Å². The van der Waals surface area contributed by atoms with E-state index < -0.39 is 8.07 Å². The number of benzene rings is 1. The van der Waals surface area contributed by atoms with Crippen molar-refractivity contribution in [2.45, 2.75) is 19.6 Å². The molecule has 0 unspecified atom stereocenters. The maximum Gasteiger partial charge on any atom is 0.159 e. The van der Waals surface area contributed by atoms with Gasteiger partial charge >= 0.3 is 0 Å². The van der Waals surface area contributed by atoms with Gasteiger partial charge in [0.05, 0.1) is 26.2 Å². The van der Waals surface area contributed by atoms with Crippen LogP contribution in [0, 0.1) is 11.3 Å². The van der Waals surface area contributed by atoms with E-state index in [1.54, 1.807) is 6.20 Å². The van der Waals surface area contributed by atoms with Crippen LogP contribution in [0.3, 0.4) is 0 Å². The Labute approximate surface area is 108 Å². The average Bonchev–Trinajstić information content (AvgIpc) is 2.38. The summed E-state index contributed by atoms with van der Waals surface area (Å²) in [5.41, 5.74) is 2.14. The van der Waals surface area contributed by atoms with Crippen molar-refractivity contribution in [2.24, 2.45) is 0 Å². The van der Waals surface area contributed by atoms with Gasteiger partial charge in [0.15, 0.2) is 5.69 Å². The fourth-order valence-corrected chi connectivity index (χ4v) is 2.89. The third-order valence-electron chi connectivity index (χ3n) is 2.77. The lowest BCUT2D eigenvalue weighted by atomic mass is 10.1. The highest BCUT2D eigenvalue weighted by Crippen LogP contribution is 2.16. The van der Waals surface area contributed by atoms with Crippen LogP contribution in [0.25, 0.3) is 11.3 Å². The summed E-state index contributed by atoms with van der Waals surface area (Å²) in [5.74, 6) is 0. The lowest BCUT2D eigenvalue weighted by Crippen LogP contribution is -2.37. The van der Waals surface area contributed by atoms with Gasteiger partial charge in [0.2, 0.25) is 0 Å². The summed E-state index contributed by atoms with van der Waals surface area (Å²) in [6.07, 6.45) is 3.18. The van der Waals surface area contributed by atoms with Crippen molar-refractivity contribution >= 4 is 13.3 Å². The van der Waals surface area contributed by atoms with Crippen molar-refractivity contribution in [3.05, 3.63) is 42.4 Å². The molecule has 0 aliphatic heterocycles. The Bertz CT molecular complexity index is 609. The van der Waals surface area contributed by atoms with E-state index in [1.807, 2.05) is 18.2 Å². The quantitative estimate of drug-likeness (QED) is 0.773. The van der Waals surface area contributed by atoms with Crippen LogP contribution >= 0.6 is 0 Å². The fourth-order valence-electron chi connectivity index (χ4n) is 1.70. The lowest BCUT2D eigenvalue weighted by Gasteiger charge is -2.17. The van der Waals surface area contributed by atoms with E-state index in [2.05, 4.69) is 41.7 Å². The summed E-state index contributed by atoms with van der Waals surface area (Å²) in [4.78, 5) is 8.33. The Morgan fingerprint density at radius 3 is 2.61 bits per heavy atom. The number of aromatic nitrogens is 2. The number of hydrogen-bond acceptors (Lipinski definition) is 3. The van der Waals surface area contributed by atoms with Crippen molar-refractivity contribution in [2.75, 3.05) is 0 Å². The second-order valence-electron chi connectivity index (χ2n) is 5.23. The second kappa shape index (κ2) is 4.71. The molecule has 1 aromatic heterocycles. The van der Waals surface area contributed by atoms with Crippen LogP contribution in [0.5, 0.6) is 0 Å². The molecule has 0 bridgehead atoms. The van der Waals surface area contributed by atoms with Crippen molar-refractivity contribution in [3.8, 4) is 17.3 Å². The molecule has 1 heterocycles. The van der Waals surface area contributed by atoms with E-state index in [4.69, 9.17) is 5.26 Å². The molecule has 90 valence electrons. The number of hydrogen-bond donors (Lipinski definition) is 0. The topological polar surface area (TPSA) is 49.6 Å². The van der Waals surface area contributed by atoms with Gasteiger partial charge in [-0.15, -0.1) is 0 Å². The molecule has 3 nitrogen and oxygen atoms in total. The van der Waals surface area contributed by atoms with E-state index in [0.717, 1.165) is 11.3 Å². The number of nitrogens with zero attached hydrogens (tertiary/aromatic N) is 3. The summed E-state index contributed by atoms with van der Waals surface area (Å²) < 4.78 is 0. The maximum absolute atomic E-state index is 8.85. The molecule has 0 saturated carbocycles. The molecule has 0 radical (unpaired) electrons. The van der Waals surface area contributed by atoms with E-state index in [0.29, 0.717) is 5.69 Å². The van der Waals surface area contributed by atoms with E-state index in [1.165, 1.54) is 11.4 Å². The number of rotatable bonds is 2. The maximum atomic E-state index is 8.85. The zero-order valence-electron chi connectivity index (χ0n) is 10.8. The average molecular weight is 253 g/mol. The van der Waals surface area contributed by atoms with Gasteiger partial charge in [0.25, 0.3) is 0 Å². The highest BCUT2D eigenvalue weighted by Gasteiger charge is 2.16. The predicted octanol–water partition coefficient (Wildman–Crippen LogP) is 2.56. The highest BCUT2D eigenvalue weighted by molar-refractivity contribution is 6.88. The Morgan fingerprint density at radius 2 is 1.94 bits per heavy atom. The van der Waals surface area contributed by atoms with Gasteiger partial charge in [0.1, 0.15) is 6.07 Å². The molecule has 0 saturated heterocycles. The third kappa shape index (κ3) is 2.63. The molecular weight excluding hydrogens is 238 g/mol. The number of nitriles is 1. The molecule has 0 aliphatic carbocycles. The molecule has 1 aromatic carbocycles. The van der Waals surface area contributed by atoms with Crippen LogP contribution < -0.4 is 5.19 Å². The molecule has 0 fully saturated rings. The van der Waals surface area contributed by atoms with Crippen LogP contribution in [0.4, 0.5) is 0 Å². The van der Waals surface area contributed by atoms with Gasteiger partial charge in [-0.1, -0.05) is 49.1 Å². The SMILES string of the molecule is C[Si](C)(C)c1cccc(-c2cncc(C#N)n2)c1. The van der Waals surface area contributed by atoms with Gasteiger partial charge in [-0.25, -0.2) is 4.98 Å². The minimum atomic E-state index is -1.33. The monoisotopic (exact) mass is 253 g/mol. The smallest absolute Gasteiger partial charge is 0.159 e. The molecule has 0 spiro atoms. The minimum absolute atomic E-state index is 0.353. The molecule has 4 heteroatoms. The normalized spacial score (nSPS) is 11.0. The zero-order valence-corrected chi connectivity index (χ0v) is 11.8. The molecule has 0 amide bonds. The van der Waals surface area contributed by atoms with Crippen LogP contribution in [0.2, 0.25) is 19.6 Å². The van der Waals surface area contributed by atoms with Gasteiger partial charge in [-0.05, 0) is 0 Å². The summed E-state index contributed by atoms with van der Waals surface area (Å²) in [5, 5.41) is 10.2. The first-order valence-corrected chi connectivity index (χ1v) is 9.34. The largest absolute Gasteiger partial charge is 0.259 e. The Hall–Kier alpha value is -1.99. The van der Waals surface area contributed by atoms with Gasteiger partial charge in [0, 0.05) is 5.56 Å². The summed E-state index contributed by atoms with van der Waals surface area (Å²) in [6, 6.07) is 10.4. The fraction of sp³-hybridized carbons (Fsp3) is 0.214. The van der Waals surface area contributed by atoms with Crippen molar-refractivity contribution < 1.29 is 0 Å². The first kappa shape index (κ1) is 12.5. The molecule has 18 heavy (non-hydrogen) atoms. The summed E-state index contributed by atoms with van der Waals surface area (Å²) in [6.45, 7) is 6.93. The van der Waals surface area contributed by atoms with Gasteiger partial charge < -0.3 is 0 Å². The van der Waals surface area contributed by atoms with Crippen LogP contribution in [0.1, 0.15) is 5.69 Å². The first-order chi connectivity index (χ1) is 8.50. The zero-order chi connectivity index (χ0) is 13.2. The van der Waals surface area contributed by atoms with E-state index in [9.17, 15) is 0 Å².